The van der Waals surface area contributed by atoms with Crippen LogP contribution in [0.2, 0.25) is 0 Å². The Morgan fingerprint density at radius 1 is 1.33 bits per heavy atom. The van der Waals surface area contributed by atoms with E-state index in [1.54, 1.807) is 6.92 Å². The van der Waals surface area contributed by atoms with E-state index in [1.165, 1.54) is 0 Å². The molecule has 15 heavy (non-hydrogen) atoms. The van der Waals surface area contributed by atoms with E-state index in [0.717, 1.165) is 16.9 Å². The Morgan fingerprint density at radius 3 is 2.33 bits per heavy atom. The molecule has 0 bridgehead atoms. The van der Waals surface area contributed by atoms with Gasteiger partial charge < -0.3 is 15.6 Å². The molecule has 0 radical (unpaired) electrons. The third-order valence-electron chi connectivity index (χ3n) is 2.32. The summed E-state index contributed by atoms with van der Waals surface area (Å²) in [7, 11) is 0. The van der Waals surface area contributed by atoms with E-state index >= 15 is 0 Å². The van der Waals surface area contributed by atoms with Crippen molar-refractivity contribution in [3.63, 3.8) is 0 Å². The molecule has 1 rings (SSSR count). The van der Waals surface area contributed by atoms with Crippen molar-refractivity contribution in [3.8, 4) is 5.75 Å². The van der Waals surface area contributed by atoms with Crippen LogP contribution in [-0.2, 0) is 0 Å². The van der Waals surface area contributed by atoms with Crippen LogP contribution in [0.3, 0.4) is 0 Å². The summed E-state index contributed by atoms with van der Waals surface area (Å²) in [6.45, 7) is 5.98. The molecular formula is C12H19NO2. The lowest BCUT2D eigenvalue weighted by Crippen LogP contribution is -2.46. The van der Waals surface area contributed by atoms with E-state index in [-0.39, 0.29) is 6.61 Å². The minimum atomic E-state index is -0.686. The molecule has 0 amide bonds. The van der Waals surface area contributed by atoms with Crippen molar-refractivity contribution in [2.24, 2.45) is 5.73 Å². The molecule has 0 aliphatic carbocycles. The van der Waals surface area contributed by atoms with E-state index in [4.69, 9.17) is 15.6 Å². The molecule has 1 aromatic rings. The van der Waals surface area contributed by atoms with E-state index in [0.29, 0.717) is 6.61 Å². The quantitative estimate of drug-likeness (QED) is 0.788. The van der Waals surface area contributed by atoms with Crippen molar-refractivity contribution in [3.05, 3.63) is 29.3 Å². The van der Waals surface area contributed by atoms with Crippen molar-refractivity contribution < 1.29 is 9.84 Å². The molecular weight excluding hydrogens is 190 g/mol. The molecule has 3 heteroatoms. The zero-order chi connectivity index (χ0) is 11.5. The SMILES string of the molecule is Cc1cccc(C)c1OCC(C)(N)CO. The Kier molecular flexibility index (Phi) is 3.72. The number of nitrogens with two attached hydrogens (primary N) is 1. The Labute approximate surface area is 90.9 Å². The van der Waals surface area contributed by atoms with Gasteiger partial charge in [0.1, 0.15) is 12.4 Å². The van der Waals surface area contributed by atoms with Crippen LogP contribution in [0.25, 0.3) is 0 Å². The minimum absolute atomic E-state index is 0.0854. The molecule has 0 heterocycles. The summed E-state index contributed by atoms with van der Waals surface area (Å²) in [6, 6.07) is 5.98. The van der Waals surface area contributed by atoms with Gasteiger partial charge in [-0.25, -0.2) is 0 Å². The van der Waals surface area contributed by atoms with Crippen LogP contribution in [0.15, 0.2) is 18.2 Å². The van der Waals surface area contributed by atoms with Crippen LogP contribution in [0.5, 0.6) is 5.75 Å². The predicted molar refractivity (Wildman–Crippen MR) is 61.1 cm³/mol. The molecule has 0 saturated carbocycles. The summed E-state index contributed by atoms with van der Waals surface area (Å²) < 4.78 is 5.64. The maximum Gasteiger partial charge on any atom is 0.125 e. The van der Waals surface area contributed by atoms with Gasteiger partial charge >= 0.3 is 0 Å². The number of aryl methyl sites for hydroxylation is 2. The molecule has 0 spiro atoms. The third-order valence-corrected chi connectivity index (χ3v) is 2.32. The first-order valence-electron chi connectivity index (χ1n) is 5.05. The standard InChI is InChI=1S/C12H19NO2/c1-9-5-4-6-10(2)11(9)15-8-12(3,13)7-14/h4-6,14H,7-8,13H2,1-3H3. The molecule has 3 N–H and O–H groups in total. The van der Waals surface area contributed by atoms with Crippen LogP contribution in [-0.4, -0.2) is 23.9 Å². The number of rotatable bonds is 4. The highest BCUT2D eigenvalue weighted by Gasteiger charge is 2.18. The Hall–Kier alpha value is -1.06. The van der Waals surface area contributed by atoms with Crippen molar-refractivity contribution in [1.82, 2.24) is 0 Å². The molecule has 84 valence electrons. The van der Waals surface area contributed by atoms with Crippen LogP contribution < -0.4 is 10.5 Å². The zero-order valence-corrected chi connectivity index (χ0v) is 9.58. The van der Waals surface area contributed by atoms with Crippen LogP contribution >= 0.6 is 0 Å². The maximum atomic E-state index is 9.01. The van der Waals surface area contributed by atoms with Gasteiger partial charge in [-0.2, -0.15) is 0 Å². The van der Waals surface area contributed by atoms with Crippen LogP contribution in [0.4, 0.5) is 0 Å². The normalized spacial score (nSPS) is 14.7. The van der Waals surface area contributed by atoms with Gasteiger partial charge in [0.2, 0.25) is 0 Å². The first kappa shape index (κ1) is 12.0. The van der Waals surface area contributed by atoms with Crippen LogP contribution in [0, 0.1) is 13.8 Å². The minimum Gasteiger partial charge on any atom is -0.491 e. The van der Waals surface area contributed by atoms with Crippen molar-refractivity contribution in [2.75, 3.05) is 13.2 Å². The van der Waals surface area contributed by atoms with E-state index in [9.17, 15) is 0 Å². The summed E-state index contributed by atoms with van der Waals surface area (Å²) >= 11 is 0. The number of ether oxygens (including phenoxy) is 1. The number of hydrogen-bond donors (Lipinski definition) is 2. The third kappa shape index (κ3) is 3.22. The van der Waals surface area contributed by atoms with Crippen LogP contribution in [0.1, 0.15) is 18.1 Å². The van der Waals surface area contributed by atoms with Gasteiger partial charge in [0, 0.05) is 0 Å². The summed E-state index contributed by atoms with van der Waals surface area (Å²) in [4.78, 5) is 0. The highest BCUT2D eigenvalue weighted by atomic mass is 16.5. The molecule has 0 aliphatic heterocycles. The smallest absolute Gasteiger partial charge is 0.125 e. The largest absolute Gasteiger partial charge is 0.491 e. The second kappa shape index (κ2) is 4.64. The van der Waals surface area contributed by atoms with Gasteiger partial charge in [-0.3, -0.25) is 0 Å². The van der Waals surface area contributed by atoms with Gasteiger partial charge in [-0.05, 0) is 31.9 Å². The molecule has 1 unspecified atom stereocenters. The lowest BCUT2D eigenvalue weighted by atomic mass is 10.1. The molecule has 1 atom stereocenters. The number of hydrogen-bond acceptors (Lipinski definition) is 3. The van der Waals surface area contributed by atoms with Gasteiger partial charge in [0.15, 0.2) is 0 Å². The Balaban J connectivity index is 2.73. The highest BCUT2D eigenvalue weighted by Crippen LogP contribution is 2.22. The van der Waals surface area contributed by atoms with Gasteiger partial charge in [-0.15, -0.1) is 0 Å². The first-order valence-corrected chi connectivity index (χ1v) is 5.05. The molecule has 0 fully saturated rings. The average Bonchev–Trinajstić information content (AvgIpc) is 2.17. The van der Waals surface area contributed by atoms with Gasteiger partial charge in [-0.1, -0.05) is 18.2 Å². The Morgan fingerprint density at radius 2 is 1.87 bits per heavy atom. The Bertz CT molecular complexity index is 314. The number of benzene rings is 1. The van der Waals surface area contributed by atoms with Crippen molar-refractivity contribution >= 4 is 0 Å². The summed E-state index contributed by atoms with van der Waals surface area (Å²) in [5.74, 6) is 0.864. The molecule has 3 nitrogen and oxygen atoms in total. The lowest BCUT2D eigenvalue weighted by Gasteiger charge is -2.23. The predicted octanol–water partition coefficient (Wildman–Crippen LogP) is 1.39. The molecule has 1 aromatic carbocycles. The van der Waals surface area contributed by atoms with E-state index < -0.39 is 5.54 Å². The van der Waals surface area contributed by atoms with Gasteiger partial charge in [0.05, 0.1) is 12.1 Å². The van der Waals surface area contributed by atoms with Gasteiger partial charge in [0.25, 0.3) is 0 Å². The highest BCUT2D eigenvalue weighted by molar-refractivity contribution is 5.39. The lowest BCUT2D eigenvalue weighted by molar-refractivity contribution is 0.145. The summed E-state index contributed by atoms with van der Waals surface area (Å²) in [5.41, 5.74) is 7.28. The van der Waals surface area contributed by atoms with E-state index in [2.05, 4.69) is 0 Å². The monoisotopic (exact) mass is 209 g/mol. The van der Waals surface area contributed by atoms with Crippen molar-refractivity contribution in [2.45, 2.75) is 26.3 Å². The fourth-order valence-corrected chi connectivity index (χ4v) is 1.31. The van der Waals surface area contributed by atoms with Crippen molar-refractivity contribution in [1.29, 1.82) is 0 Å². The zero-order valence-electron chi connectivity index (χ0n) is 9.58. The van der Waals surface area contributed by atoms with E-state index in [1.807, 2.05) is 32.0 Å². The fourth-order valence-electron chi connectivity index (χ4n) is 1.31. The molecule has 0 aromatic heterocycles. The maximum absolute atomic E-state index is 9.01. The molecule has 0 aliphatic rings. The average molecular weight is 209 g/mol. The summed E-state index contributed by atoms with van der Waals surface area (Å²) in [5, 5.41) is 9.01. The summed E-state index contributed by atoms with van der Waals surface area (Å²) in [6.07, 6.45) is 0. The fraction of sp³-hybridized carbons (Fsp3) is 0.500. The second-order valence-electron chi connectivity index (χ2n) is 4.32. The first-order chi connectivity index (χ1) is 6.96. The topological polar surface area (TPSA) is 55.5 Å². The number of aliphatic hydroxyl groups excluding tert-OH is 1. The second-order valence-corrected chi connectivity index (χ2v) is 4.32. The number of aliphatic hydroxyl groups is 1. The molecule has 0 saturated heterocycles. The number of para-hydroxylation sites is 1.